The van der Waals surface area contributed by atoms with Crippen LogP contribution in [0.3, 0.4) is 0 Å². The van der Waals surface area contributed by atoms with Crippen molar-refractivity contribution in [2.45, 2.75) is 40.0 Å². The van der Waals surface area contributed by atoms with E-state index in [4.69, 9.17) is 0 Å². The normalized spacial score (nSPS) is 10.6. The molecule has 0 saturated heterocycles. The van der Waals surface area contributed by atoms with Crippen molar-refractivity contribution < 1.29 is 14.3 Å². The summed E-state index contributed by atoms with van der Waals surface area (Å²) in [7, 11) is 1.40. The highest BCUT2D eigenvalue weighted by atomic mass is 16.5. The molecular formula is C14H28N2O3. The largest absolute Gasteiger partial charge is 0.468 e. The summed E-state index contributed by atoms with van der Waals surface area (Å²) in [6.07, 6.45) is 2.32. The number of amides is 1. The van der Waals surface area contributed by atoms with Crippen LogP contribution in [0.25, 0.3) is 0 Å². The zero-order chi connectivity index (χ0) is 14.7. The second-order valence-corrected chi connectivity index (χ2v) is 4.52. The van der Waals surface area contributed by atoms with Gasteiger partial charge in [0, 0.05) is 19.5 Å². The van der Waals surface area contributed by atoms with Crippen LogP contribution < -0.4 is 0 Å². The van der Waals surface area contributed by atoms with Gasteiger partial charge in [-0.2, -0.15) is 0 Å². The Balaban J connectivity index is 4.04. The van der Waals surface area contributed by atoms with Crippen LogP contribution in [0.1, 0.15) is 40.0 Å². The van der Waals surface area contributed by atoms with Crippen molar-refractivity contribution in [1.29, 1.82) is 0 Å². The summed E-state index contributed by atoms with van der Waals surface area (Å²) in [4.78, 5) is 27.0. The number of nitrogens with zero attached hydrogens (tertiary/aromatic N) is 2. The van der Waals surface area contributed by atoms with Crippen molar-refractivity contribution in [3.8, 4) is 0 Å². The number of esters is 1. The van der Waals surface area contributed by atoms with Gasteiger partial charge in [0.25, 0.3) is 0 Å². The lowest BCUT2D eigenvalue weighted by Gasteiger charge is -2.22. The van der Waals surface area contributed by atoms with Gasteiger partial charge < -0.3 is 9.64 Å². The van der Waals surface area contributed by atoms with Crippen molar-refractivity contribution in [3.63, 3.8) is 0 Å². The topological polar surface area (TPSA) is 49.9 Å². The fourth-order valence-corrected chi connectivity index (χ4v) is 2.02. The zero-order valence-electron chi connectivity index (χ0n) is 12.8. The van der Waals surface area contributed by atoms with Crippen molar-refractivity contribution in [3.05, 3.63) is 0 Å². The molecule has 112 valence electrons. The summed E-state index contributed by atoms with van der Waals surface area (Å²) in [5.41, 5.74) is 0. The van der Waals surface area contributed by atoms with E-state index in [1.807, 2.05) is 23.6 Å². The second-order valence-electron chi connectivity index (χ2n) is 4.52. The summed E-state index contributed by atoms with van der Waals surface area (Å²) in [5.74, 6) is -0.0250. The van der Waals surface area contributed by atoms with Crippen LogP contribution in [0.4, 0.5) is 0 Å². The second kappa shape index (κ2) is 10.8. The van der Waals surface area contributed by atoms with Gasteiger partial charge in [0.15, 0.2) is 0 Å². The molecule has 0 aliphatic rings. The van der Waals surface area contributed by atoms with Gasteiger partial charge in [-0.1, -0.05) is 6.92 Å². The average Bonchev–Trinajstić information content (AvgIpc) is 2.40. The minimum atomic E-state index is -0.219. The zero-order valence-corrected chi connectivity index (χ0v) is 12.8. The van der Waals surface area contributed by atoms with E-state index in [2.05, 4.69) is 11.7 Å². The molecule has 0 aromatic rings. The number of methoxy groups -OCH3 is 1. The number of ether oxygens (including phenoxy) is 1. The van der Waals surface area contributed by atoms with Gasteiger partial charge in [0.1, 0.15) is 0 Å². The molecule has 0 bridgehead atoms. The van der Waals surface area contributed by atoms with Crippen molar-refractivity contribution >= 4 is 11.9 Å². The van der Waals surface area contributed by atoms with E-state index in [1.54, 1.807) is 0 Å². The predicted octanol–water partition coefficient (Wildman–Crippen LogP) is 1.52. The Morgan fingerprint density at radius 3 is 2.16 bits per heavy atom. The molecular weight excluding hydrogens is 244 g/mol. The van der Waals surface area contributed by atoms with Gasteiger partial charge in [0.05, 0.1) is 13.7 Å². The fraction of sp³-hybridized carbons (Fsp3) is 0.857. The first-order chi connectivity index (χ1) is 9.08. The summed E-state index contributed by atoms with van der Waals surface area (Å²) in [6.45, 7) is 9.50. The van der Waals surface area contributed by atoms with E-state index in [9.17, 15) is 9.59 Å². The molecule has 0 saturated carbocycles. The minimum Gasteiger partial charge on any atom is -0.468 e. The Morgan fingerprint density at radius 1 is 1.05 bits per heavy atom. The van der Waals surface area contributed by atoms with E-state index in [0.29, 0.717) is 13.0 Å². The molecule has 0 heterocycles. The Labute approximate surface area is 116 Å². The minimum absolute atomic E-state index is 0.194. The third-order valence-corrected chi connectivity index (χ3v) is 3.10. The number of hydrogen-bond acceptors (Lipinski definition) is 4. The van der Waals surface area contributed by atoms with Crippen LogP contribution in [-0.2, 0) is 14.3 Å². The highest BCUT2D eigenvalue weighted by molar-refractivity contribution is 5.76. The SMILES string of the molecule is CCCN(CCCC(=O)N(CC)CC)CC(=O)OC. The molecule has 1 amide bonds. The van der Waals surface area contributed by atoms with E-state index >= 15 is 0 Å². The van der Waals surface area contributed by atoms with Crippen LogP contribution >= 0.6 is 0 Å². The molecule has 5 heteroatoms. The summed E-state index contributed by atoms with van der Waals surface area (Å²) in [6, 6.07) is 0. The number of carbonyl (C=O) groups is 2. The third-order valence-electron chi connectivity index (χ3n) is 3.10. The van der Waals surface area contributed by atoms with Gasteiger partial charge in [-0.05, 0) is 39.8 Å². The maximum Gasteiger partial charge on any atom is 0.319 e. The average molecular weight is 272 g/mol. The van der Waals surface area contributed by atoms with E-state index in [-0.39, 0.29) is 11.9 Å². The van der Waals surface area contributed by atoms with Gasteiger partial charge in [-0.25, -0.2) is 0 Å². The monoisotopic (exact) mass is 272 g/mol. The van der Waals surface area contributed by atoms with Crippen LogP contribution in [0.5, 0.6) is 0 Å². The number of rotatable bonds is 10. The molecule has 0 fully saturated rings. The Bertz CT molecular complexity index is 265. The smallest absolute Gasteiger partial charge is 0.319 e. The first-order valence-electron chi connectivity index (χ1n) is 7.15. The highest BCUT2D eigenvalue weighted by Crippen LogP contribution is 2.01. The summed E-state index contributed by atoms with van der Waals surface area (Å²) >= 11 is 0. The molecule has 0 rings (SSSR count). The molecule has 5 nitrogen and oxygen atoms in total. The van der Waals surface area contributed by atoms with E-state index in [0.717, 1.165) is 39.0 Å². The lowest BCUT2D eigenvalue weighted by molar-refractivity contribution is -0.141. The van der Waals surface area contributed by atoms with Gasteiger partial charge in [-0.3, -0.25) is 14.5 Å². The summed E-state index contributed by atoms with van der Waals surface area (Å²) in [5, 5.41) is 0. The third kappa shape index (κ3) is 7.82. The van der Waals surface area contributed by atoms with Crippen LogP contribution in [0, 0.1) is 0 Å². The molecule has 0 atom stereocenters. The van der Waals surface area contributed by atoms with E-state index in [1.165, 1.54) is 7.11 Å². The highest BCUT2D eigenvalue weighted by Gasteiger charge is 2.12. The van der Waals surface area contributed by atoms with Crippen molar-refractivity contribution in [2.24, 2.45) is 0 Å². The van der Waals surface area contributed by atoms with Crippen LogP contribution in [-0.4, -0.2) is 61.5 Å². The molecule has 19 heavy (non-hydrogen) atoms. The van der Waals surface area contributed by atoms with Gasteiger partial charge >= 0.3 is 5.97 Å². The molecule has 0 radical (unpaired) electrons. The maximum atomic E-state index is 11.8. The molecule has 0 aromatic heterocycles. The van der Waals surface area contributed by atoms with Crippen LogP contribution in [0.2, 0.25) is 0 Å². The molecule has 0 N–H and O–H groups in total. The van der Waals surface area contributed by atoms with E-state index < -0.39 is 0 Å². The van der Waals surface area contributed by atoms with Crippen molar-refractivity contribution in [2.75, 3.05) is 39.8 Å². The first kappa shape index (κ1) is 17.9. The quantitative estimate of drug-likeness (QED) is 0.566. The molecule has 0 aromatic carbocycles. The number of hydrogen-bond donors (Lipinski definition) is 0. The van der Waals surface area contributed by atoms with Crippen LogP contribution in [0.15, 0.2) is 0 Å². The fourth-order valence-electron chi connectivity index (χ4n) is 2.02. The molecule has 0 aliphatic heterocycles. The molecule has 0 spiro atoms. The first-order valence-corrected chi connectivity index (χ1v) is 7.15. The Hall–Kier alpha value is -1.10. The lowest BCUT2D eigenvalue weighted by atomic mass is 10.2. The Kier molecular flexibility index (Phi) is 10.2. The molecule has 0 unspecified atom stereocenters. The van der Waals surface area contributed by atoms with Gasteiger partial charge in [0.2, 0.25) is 5.91 Å². The summed E-state index contributed by atoms with van der Waals surface area (Å²) < 4.78 is 4.67. The van der Waals surface area contributed by atoms with Gasteiger partial charge in [-0.15, -0.1) is 0 Å². The predicted molar refractivity (Wildman–Crippen MR) is 75.9 cm³/mol. The molecule has 0 aliphatic carbocycles. The maximum absolute atomic E-state index is 11.8. The standard InChI is InChI=1S/C14H28N2O3/c1-5-10-15(12-14(18)19-4)11-8-9-13(17)16(6-2)7-3/h5-12H2,1-4H3. The lowest BCUT2D eigenvalue weighted by Crippen LogP contribution is -2.34. The van der Waals surface area contributed by atoms with Crippen molar-refractivity contribution in [1.82, 2.24) is 9.80 Å². The Morgan fingerprint density at radius 2 is 1.68 bits per heavy atom. The number of carbonyl (C=O) groups excluding carboxylic acids is 2.